The fourth-order valence-corrected chi connectivity index (χ4v) is 4.18. The van der Waals surface area contributed by atoms with Crippen molar-refractivity contribution in [3.05, 3.63) is 28.8 Å². The summed E-state index contributed by atoms with van der Waals surface area (Å²) in [6.07, 6.45) is -0.00253. The molecule has 5 nitrogen and oxygen atoms in total. The van der Waals surface area contributed by atoms with Crippen LogP contribution in [-0.2, 0) is 23.8 Å². The minimum absolute atomic E-state index is 0.0171. The number of aryl methyl sites for hydroxylation is 2. The smallest absolute Gasteiger partial charge is 0.331 e. The Morgan fingerprint density at radius 2 is 1.64 bits per heavy atom. The second-order valence-electron chi connectivity index (χ2n) is 7.10. The zero-order valence-electron chi connectivity index (χ0n) is 16.5. The first-order chi connectivity index (χ1) is 11.5. The number of ether oxygens (including phenoxy) is 1. The third-order valence-corrected chi connectivity index (χ3v) is 5.76. The number of hydrogen-bond donors (Lipinski definition) is 0. The lowest BCUT2D eigenvalue weighted by Crippen LogP contribution is -2.18. The minimum atomic E-state index is -3.24. The summed E-state index contributed by atoms with van der Waals surface area (Å²) in [5.74, 6) is 0.155. The summed E-state index contributed by atoms with van der Waals surface area (Å²) in [6, 6.07) is 4.03. The number of esters is 1. The maximum atomic E-state index is 12.5. The second kappa shape index (κ2) is 8.98. The molecule has 0 aliphatic carbocycles. The molecule has 0 aromatic heterocycles. The zero-order valence-corrected chi connectivity index (χ0v) is 17.4. The van der Waals surface area contributed by atoms with Gasteiger partial charge < -0.3 is 13.8 Å². The molecule has 0 N–H and O–H groups in total. The zero-order chi connectivity index (χ0) is 19.3. The topological polar surface area (TPSA) is 61.8 Å². The van der Waals surface area contributed by atoms with Gasteiger partial charge in [0.05, 0.1) is 25.8 Å². The van der Waals surface area contributed by atoms with E-state index in [0.29, 0.717) is 5.75 Å². The van der Waals surface area contributed by atoms with E-state index >= 15 is 0 Å². The standard InChI is InChI=1S/C19H31O5P/c1-8-22-25(21,23-9-2)11-10-17(20)24-18-15(4)12-14(3)13-16(18)19(5,6)7/h12-13H,8-11H2,1-7H3. The normalized spacial score (nSPS) is 12.3. The van der Waals surface area contributed by atoms with Gasteiger partial charge >= 0.3 is 13.6 Å². The van der Waals surface area contributed by atoms with Crippen LogP contribution in [0.5, 0.6) is 5.75 Å². The molecule has 0 amide bonds. The molecule has 0 radical (unpaired) electrons. The van der Waals surface area contributed by atoms with Crippen molar-refractivity contribution in [2.24, 2.45) is 0 Å². The quantitative estimate of drug-likeness (QED) is 0.359. The summed E-state index contributed by atoms with van der Waals surface area (Å²) < 4.78 is 28.5. The van der Waals surface area contributed by atoms with E-state index in [0.717, 1.165) is 16.7 Å². The summed E-state index contributed by atoms with van der Waals surface area (Å²) in [4.78, 5) is 12.3. The van der Waals surface area contributed by atoms with Crippen molar-refractivity contribution in [2.75, 3.05) is 19.4 Å². The molecule has 0 aliphatic rings. The first-order valence-electron chi connectivity index (χ1n) is 8.73. The summed E-state index contributed by atoms with van der Waals surface area (Å²) in [7, 11) is -3.24. The molecule has 0 fully saturated rings. The van der Waals surface area contributed by atoms with Crippen LogP contribution in [0.25, 0.3) is 0 Å². The molecule has 0 saturated heterocycles. The van der Waals surface area contributed by atoms with Crippen LogP contribution in [0.2, 0.25) is 0 Å². The maximum absolute atomic E-state index is 12.5. The van der Waals surface area contributed by atoms with Crippen LogP contribution < -0.4 is 4.74 Å². The molecule has 6 heteroatoms. The third kappa shape index (κ3) is 6.58. The number of benzene rings is 1. The first kappa shape index (κ1) is 21.9. The van der Waals surface area contributed by atoms with Crippen molar-refractivity contribution < 1.29 is 23.1 Å². The highest BCUT2D eigenvalue weighted by atomic mass is 31.2. The van der Waals surface area contributed by atoms with E-state index < -0.39 is 13.6 Å². The number of carbonyl (C=O) groups is 1. The van der Waals surface area contributed by atoms with Crippen LogP contribution >= 0.6 is 7.60 Å². The van der Waals surface area contributed by atoms with Gasteiger partial charge in [0.1, 0.15) is 5.75 Å². The molecule has 0 unspecified atom stereocenters. The van der Waals surface area contributed by atoms with Crippen LogP contribution in [0.15, 0.2) is 12.1 Å². The van der Waals surface area contributed by atoms with Crippen molar-refractivity contribution in [1.29, 1.82) is 0 Å². The van der Waals surface area contributed by atoms with E-state index in [2.05, 4.69) is 20.8 Å². The van der Waals surface area contributed by atoms with Gasteiger partial charge in [0, 0.05) is 5.56 Å². The fourth-order valence-electron chi connectivity index (χ4n) is 2.60. The van der Waals surface area contributed by atoms with Crippen molar-refractivity contribution >= 4 is 13.6 Å². The lowest BCUT2D eigenvalue weighted by molar-refractivity contribution is -0.134. The van der Waals surface area contributed by atoms with E-state index in [1.54, 1.807) is 13.8 Å². The first-order valence-corrected chi connectivity index (χ1v) is 10.5. The number of hydrogen-bond acceptors (Lipinski definition) is 5. The van der Waals surface area contributed by atoms with Crippen LogP contribution in [0.3, 0.4) is 0 Å². The van der Waals surface area contributed by atoms with Crippen LogP contribution in [0, 0.1) is 13.8 Å². The van der Waals surface area contributed by atoms with E-state index in [9.17, 15) is 9.36 Å². The highest BCUT2D eigenvalue weighted by Gasteiger charge is 2.27. The predicted molar refractivity (Wildman–Crippen MR) is 101 cm³/mol. The van der Waals surface area contributed by atoms with E-state index in [-0.39, 0.29) is 31.2 Å². The Bertz CT molecular complexity index is 636. The molecule has 0 bridgehead atoms. The molecule has 0 saturated carbocycles. The molecule has 0 aliphatic heterocycles. The van der Waals surface area contributed by atoms with Gasteiger partial charge in [-0.2, -0.15) is 0 Å². The highest BCUT2D eigenvalue weighted by molar-refractivity contribution is 7.53. The van der Waals surface area contributed by atoms with Gasteiger partial charge in [-0.3, -0.25) is 9.36 Å². The lowest BCUT2D eigenvalue weighted by atomic mass is 9.84. The van der Waals surface area contributed by atoms with Gasteiger partial charge in [-0.05, 0) is 38.7 Å². The molecule has 0 atom stereocenters. The summed E-state index contributed by atoms with van der Waals surface area (Å²) in [5.41, 5.74) is 2.87. The lowest BCUT2D eigenvalue weighted by Gasteiger charge is -2.24. The van der Waals surface area contributed by atoms with Crippen molar-refractivity contribution in [1.82, 2.24) is 0 Å². The monoisotopic (exact) mass is 370 g/mol. The Labute approximate surface area is 151 Å². The van der Waals surface area contributed by atoms with Crippen molar-refractivity contribution in [2.45, 2.75) is 60.3 Å². The molecule has 1 aromatic rings. The Kier molecular flexibility index (Phi) is 7.86. The molecular weight excluding hydrogens is 339 g/mol. The maximum Gasteiger partial charge on any atom is 0.331 e. The van der Waals surface area contributed by atoms with Gasteiger partial charge in [0.2, 0.25) is 0 Å². The van der Waals surface area contributed by atoms with E-state index in [4.69, 9.17) is 13.8 Å². The third-order valence-electron chi connectivity index (χ3n) is 3.68. The molecule has 0 heterocycles. The Morgan fingerprint density at radius 1 is 1.08 bits per heavy atom. The summed E-state index contributed by atoms with van der Waals surface area (Å²) >= 11 is 0. The van der Waals surface area contributed by atoms with Gasteiger partial charge in [-0.25, -0.2) is 0 Å². The van der Waals surface area contributed by atoms with Crippen LogP contribution in [0.1, 0.15) is 57.7 Å². The Morgan fingerprint density at radius 3 is 2.12 bits per heavy atom. The van der Waals surface area contributed by atoms with E-state index in [1.165, 1.54) is 0 Å². The van der Waals surface area contributed by atoms with Gasteiger partial charge in [0.15, 0.2) is 0 Å². The molecule has 142 valence electrons. The molecular formula is C19H31O5P. The summed E-state index contributed by atoms with van der Waals surface area (Å²) in [5, 5.41) is 0. The summed E-state index contributed by atoms with van der Waals surface area (Å²) in [6.45, 7) is 14.2. The largest absolute Gasteiger partial charge is 0.426 e. The predicted octanol–water partition coefficient (Wildman–Crippen LogP) is 5.16. The van der Waals surface area contributed by atoms with Crippen LogP contribution in [-0.4, -0.2) is 25.3 Å². The average Bonchev–Trinajstić information content (AvgIpc) is 2.47. The Hall–Kier alpha value is -1.16. The van der Waals surface area contributed by atoms with Crippen LogP contribution in [0.4, 0.5) is 0 Å². The fraction of sp³-hybridized carbons (Fsp3) is 0.632. The van der Waals surface area contributed by atoms with Gasteiger partial charge in [-0.1, -0.05) is 38.5 Å². The molecule has 25 heavy (non-hydrogen) atoms. The SMILES string of the molecule is CCOP(=O)(CCC(=O)Oc1c(C)cc(C)cc1C(C)(C)C)OCC. The molecule has 0 spiro atoms. The second-order valence-corrected chi connectivity index (χ2v) is 9.29. The van der Waals surface area contributed by atoms with Crippen molar-refractivity contribution in [3.63, 3.8) is 0 Å². The van der Waals surface area contributed by atoms with E-state index in [1.807, 2.05) is 26.0 Å². The van der Waals surface area contributed by atoms with Gasteiger partial charge in [0.25, 0.3) is 0 Å². The minimum Gasteiger partial charge on any atom is -0.426 e. The highest BCUT2D eigenvalue weighted by Crippen LogP contribution is 2.48. The average molecular weight is 370 g/mol. The molecule has 1 rings (SSSR count). The molecule has 1 aromatic carbocycles. The number of rotatable bonds is 8. The Balaban J connectivity index is 2.92. The van der Waals surface area contributed by atoms with Gasteiger partial charge in [-0.15, -0.1) is 0 Å². The van der Waals surface area contributed by atoms with Crippen molar-refractivity contribution in [3.8, 4) is 5.75 Å². The number of carbonyl (C=O) groups excluding carboxylic acids is 1.